The number of hydrogen-bond acceptors (Lipinski definition) is 3. The summed E-state index contributed by atoms with van der Waals surface area (Å²) in [6, 6.07) is 1.70. The van der Waals surface area contributed by atoms with E-state index in [1.54, 1.807) is 15.8 Å². The first kappa shape index (κ1) is 15.3. The molecule has 0 aliphatic carbocycles. The van der Waals surface area contributed by atoms with Crippen molar-refractivity contribution in [1.29, 1.82) is 0 Å². The number of carbonyl (C=O) groups is 2. The Hall–Kier alpha value is -2.05. The summed E-state index contributed by atoms with van der Waals surface area (Å²) in [5.74, 6) is -0.750. The molecule has 2 amide bonds. The molecular formula is C14H22N4O3. The first-order chi connectivity index (χ1) is 9.98. The predicted octanol–water partition coefficient (Wildman–Crippen LogP) is 1.21. The molecule has 0 atom stereocenters. The van der Waals surface area contributed by atoms with Crippen LogP contribution >= 0.6 is 0 Å². The SMILES string of the molecule is CCC1(C(=O)O)CCN(C(=O)NCc2ccnn2C)CC1. The summed E-state index contributed by atoms with van der Waals surface area (Å²) in [5.41, 5.74) is 0.257. The van der Waals surface area contributed by atoms with Gasteiger partial charge in [0.25, 0.3) is 0 Å². The predicted molar refractivity (Wildman–Crippen MR) is 76.6 cm³/mol. The summed E-state index contributed by atoms with van der Waals surface area (Å²) in [6.45, 7) is 3.28. The molecule has 116 valence electrons. The van der Waals surface area contributed by atoms with Crippen molar-refractivity contribution in [3.05, 3.63) is 18.0 Å². The Labute approximate surface area is 123 Å². The van der Waals surface area contributed by atoms with E-state index in [1.807, 2.05) is 20.0 Å². The Balaban J connectivity index is 1.86. The van der Waals surface area contributed by atoms with E-state index in [-0.39, 0.29) is 6.03 Å². The molecular weight excluding hydrogens is 272 g/mol. The van der Waals surface area contributed by atoms with Crippen molar-refractivity contribution in [2.24, 2.45) is 12.5 Å². The van der Waals surface area contributed by atoms with Gasteiger partial charge in [-0.1, -0.05) is 6.92 Å². The second kappa shape index (κ2) is 6.15. The van der Waals surface area contributed by atoms with Gasteiger partial charge in [-0.3, -0.25) is 9.48 Å². The van der Waals surface area contributed by atoms with Crippen LogP contribution in [-0.4, -0.2) is 44.9 Å². The van der Waals surface area contributed by atoms with Crippen LogP contribution in [0.25, 0.3) is 0 Å². The zero-order valence-corrected chi connectivity index (χ0v) is 12.5. The van der Waals surface area contributed by atoms with Crippen LogP contribution in [-0.2, 0) is 18.4 Å². The first-order valence-corrected chi connectivity index (χ1v) is 7.21. The maximum Gasteiger partial charge on any atom is 0.317 e. The van der Waals surface area contributed by atoms with Gasteiger partial charge >= 0.3 is 12.0 Å². The average molecular weight is 294 g/mol. The zero-order chi connectivity index (χ0) is 15.5. The molecule has 7 nitrogen and oxygen atoms in total. The van der Waals surface area contributed by atoms with Gasteiger partial charge < -0.3 is 15.3 Å². The monoisotopic (exact) mass is 294 g/mol. The fraction of sp³-hybridized carbons (Fsp3) is 0.643. The number of nitrogens with zero attached hydrogens (tertiary/aromatic N) is 3. The van der Waals surface area contributed by atoms with Gasteiger partial charge in [0.15, 0.2) is 0 Å². The number of likely N-dealkylation sites (tertiary alicyclic amines) is 1. The highest BCUT2D eigenvalue weighted by Crippen LogP contribution is 2.35. The maximum absolute atomic E-state index is 12.1. The molecule has 2 N–H and O–H groups in total. The van der Waals surface area contributed by atoms with Gasteiger partial charge in [0, 0.05) is 26.3 Å². The summed E-state index contributed by atoms with van der Waals surface area (Å²) in [4.78, 5) is 25.2. The Morgan fingerprint density at radius 3 is 2.57 bits per heavy atom. The number of carbonyl (C=O) groups excluding carboxylic acids is 1. The Bertz CT molecular complexity index is 518. The minimum absolute atomic E-state index is 0.147. The molecule has 0 radical (unpaired) electrons. The highest BCUT2D eigenvalue weighted by molar-refractivity contribution is 5.77. The number of carboxylic acids is 1. The van der Waals surface area contributed by atoms with Crippen LogP contribution in [0.1, 0.15) is 31.9 Å². The van der Waals surface area contributed by atoms with Crippen LogP contribution in [0.5, 0.6) is 0 Å². The number of aromatic nitrogens is 2. The molecule has 1 aromatic heterocycles. The molecule has 2 heterocycles. The summed E-state index contributed by atoms with van der Waals surface area (Å²) >= 11 is 0. The third-order valence-corrected chi connectivity index (χ3v) is 4.48. The van der Waals surface area contributed by atoms with Crippen molar-refractivity contribution in [1.82, 2.24) is 20.0 Å². The molecule has 1 aliphatic rings. The van der Waals surface area contributed by atoms with Crippen LogP contribution in [0.3, 0.4) is 0 Å². The Morgan fingerprint density at radius 1 is 1.43 bits per heavy atom. The van der Waals surface area contributed by atoms with Crippen LogP contribution in [0.4, 0.5) is 4.79 Å². The fourth-order valence-electron chi connectivity index (χ4n) is 2.71. The molecule has 0 saturated carbocycles. The molecule has 7 heteroatoms. The number of piperidine rings is 1. The number of rotatable bonds is 4. The topological polar surface area (TPSA) is 87.5 Å². The largest absolute Gasteiger partial charge is 0.481 e. The Morgan fingerprint density at radius 2 is 2.10 bits per heavy atom. The molecule has 0 bridgehead atoms. The van der Waals surface area contributed by atoms with Crippen molar-refractivity contribution >= 4 is 12.0 Å². The lowest BCUT2D eigenvalue weighted by Crippen LogP contribution is -2.49. The van der Waals surface area contributed by atoms with E-state index in [4.69, 9.17) is 0 Å². The summed E-state index contributed by atoms with van der Waals surface area (Å²) in [7, 11) is 1.82. The van der Waals surface area contributed by atoms with Crippen LogP contribution < -0.4 is 5.32 Å². The maximum atomic E-state index is 12.1. The van der Waals surface area contributed by atoms with E-state index in [2.05, 4.69) is 10.4 Å². The minimum Gasteiger partial charge on any atom is -0.481 e. The molecule has 2 rings (SSSR count). The molecule has 1 saturated heterocycles. The normalized spacial score (nSPS) is 17.5. The second-order valence-electron chi connectivity index (χ2n) is 5.53. The van der Waals surface area contributed by atoms with Crippen molar-refractivity contribution < 1.29 is 14.7 Å². The second-order valence-corrected chi connectivity index (χ2v) is 5.53. The fourth-order valence-corrected chi connectivity index (χ4v) is 2.71. The minimum atomic E-state index is -0.750. The lowest BCUT2D eigenvalue weighted by molar-refractivity contribution is -0.151. The highest BCUT2D eigenvalue weighted by atomic mass is 16.4. The summed E-state index contributed by atoms with van der Waals surface area (Å²) < 4.78 is 1.71. The zero-order valence-electron chi connectivity index (χ0n) is 12.5. The van der Waals surface area contributed by atoms with Crippen molar-refractivity contribution in [3.8, 4) is 0 Å². The first-order valence-electron chi connectivity index (χ1n) is 7.21. The smallest absolute Gasteiger partial charge is 0.317 e. The quantitative estimate of drug-likeness (QED) is 0.873. The number of hydrogen-bond donors (Lipinski definition) is 2. The molecule has 1 aromatic rings. The number of carboxylic acid groups (broad SMARTS) is 1. The standard InChI is InChI=1S/C14H22N4O3/c1-3-14(12(19)20)5-8-18(9-6-14)13(21)15-10-11-4-7-16-17(11)2/h4,7H,3,5-6,8-10H2,1-2H3,(H,15,21)(H,19,20). The number of aryl methyl sites for hydroxylation is 1. The average Bonchev–Trinajstić information content (AvgIpc) is 2.90. The van der Waals surface area contributed by atoms with Gasteiger partial charge in [-0.05, 0) is 25.3 Å². The number of aliphatic carboxylic acids is 1. The molecule has 1 fully saturated rings. The molecule has 0 unspecified atom stereocenters. The van der Waals surface area contributed by atoms with Gasteiger partial charge in [0.05, 0.1) is 17.7 Å². The number of amides is 2. The third kappa shape index (κ3) is 3.17. The molecule has 21 heavy (non-hydrogen) atoms. The molecule has 0 spiro atoms. The van der Waals surface area contributed by atoms with E-state index >= 15 is 0 Å². The van der Waals surface area contributed by atoms with Gasteiger partial charge in [0.1, 0.15) is 0 Å². The molecule has 1 aliphatic heterocycles. The summed E-state index contributed by atoms with van der Waals surface area (Å²) in [5, 5.41) is 16.2. The van der Waals surface area contributed by atoms with Gasteiger partial charge in [0.2, 0.25) is 0 Å². The van der Waals surface area contributed by atoms with Crippen LogP contribution in [0, 0.1) is 5.41 Å². The van der Waals surface area contributed by atoms with Gasteiger partial charge in [-0.25, -0.2) is 4.79 Å². The lowest BCUT2D eigenvalue weighted by Gasteiger charge is -2.38. The van der Waals surface area contributed by atoms with Crippen molar-refractivity contribution in [3.63, 3.8) is 0 Å². The Kier molecular flexibility index (Phi) is 4.50. The van der Waals surface area contributed by atoms with E-state index < -0.39 is 11.4 Å². The van der Waals surface area contributed by atoms with Gasteiger partial charge in [-0.2, -0.15) is 5.10 Å². The number of urea groups is 1. The number of nitrogens with one attached hydrogen (secondary N) is 1. The van der Waals surface area contributed by atoms with E-state index in [9.17, 15) is 14.7 Å². The molecule has 0 aromatic carbocycles. The third-order valence-electron chi connectivity index (χ3n) is 4.48. The van der Waals surface area contributed by atoms with Crippen LogP contribution in [0.2, 0.25) is 0 Å². The van der Waals surface area contributed by atoms with Gasteiger partial charge in [-0.15, -0.1) is 0 Å². The van der Waals surface area contributed by atoms with Crippen molar-refractivity contribution in [2.75, 3.05) is 13.1 Å². The summed E-state index contributed by atoms with van der Waals surface area (Å²) in [6.07, 6.45) is 3.31. The van der Waals surface area contributed by atoms with Crippen molar-refractivity contribution in [2.45, 2.75) is 32.7 Å². The van der Waals surface area contributed by atoms with E-state index in [0.717, 1.165) is 5.69 Å². The lowest BCUT2D eigenvalue weighted by atomic mass is 9.76. The van der Waals surface area contributed by atoms with E-state index in [1.165, 1.54) is 0 Å². The highest BCUT2D eigenvalue weighted by Gasteiger charge is 2.40. The van der Waals surface area contributed by atoms with Crippen LogP contribution in [0.15, 0.2) is 12.3 Å². The van der Waals surface area contributed by atoms with E-state index in [0.29, 0.717) is 38.9 Å².